The predicted molar refractivity (Wildman–Crippen MR) is 133 cm³/mol. The van der Waals surface area contributed by atoms with Crippen molar-refractivity contribution in [2.75, 3.05) is 20.2 Å². The number of fused-ring (bicyclic) bond motifs is 1. The number of nitrogens with one attached hydrogen (secondary N) is 1. The van der Waals surface area contributed by atoms with E-state index in [1.165, 1.54) is 0 Å². The summed E-state index contributed by atoms with van der Waals surface area (Å²) in [6, 6.07) is 24.8. The highest BCUT2D eigenvalue weighted by atomic mass is 16.5. The van der Waals surface area contributed by atoms with Gasteiger partial charge in [0.05, 0.1) is 7.11 Å². The van der Waals surface area contributed by atoms with Crippen molar-refractivity contribution in [3.63, 3.8) is 0 Å². The van der Waals surface area contributed by atoms with Crippen LogP contribution in [0, 0.1) is 0 Å². The number of nitrogens with zero attached hydrogens (tertiary/aromatic N) is 3. The highest BCUT2D eigenvalue weighted by molar-refractivity contribution is 5.98. The highest BCUT2D eigenvalue weighted by Gasteiger charge is 2.29. The Hall–Kier alpha value is -4.39. The molecular weight excluding hydrogens is 440 g/mol. The van der Waals surface area contributed by atoms with Crippen molar-refractivity contribution in [2.24, 2.45) is 0 Å². The molecule has 2 heterocycles. The van der Waals surface area contributed by atoms with Gasteiger partial charge in [0.2, 0.25) is 0 Å². The van der Waals surface area contributed by atoms with Gasteiger partial charge in [-0.3, -0.25) is 9.59 Å². The number of amides is 2. The van der Waals surface area contributed by atoms with E-state index in [0.717, 1.165) is 16.7 Å². The van der Waals surface area contributed by atoms with Crippen LogP contribution in [0.2, 0.25) is 0 Å². The minimum Gasteiger partial charge on any atom is -0.494 e. The molecule has 7 nitrogen and oxygen atoms in total. The molecule has 0 saturated heterocycles. The lowest BCUT2D eigenvalue weighted by atomic mass is 9.98. The summed E-state index contributed by atoms with van der Waals surface area (Å²) in [5, 5.41) is 7.33. The topological polar surface area (TPSA) is 76.5 Å². The molecule has 35 heavy (non-hydrogen) atoms. The Morgan fingerprint density at radius 1 is 1.06 bits per heavy atom. The van der Waals surface area contributed by atoms with E-state index in [2.05, 4.69) is 10.4 Å². The molecule has 0 unspecified atom stereocenters. The van der Waals surface area contributed by atoms with E-state index < -0.39 is 0 Å². The summed E-state index contributed by atoms with van der Waals surface area (Å²) in [6.07, 6.45) is 3.48. The molecule has 1 aliphatic rings. The van der Waals surface area contributed by atoms with Gasteiger partial charge in [0.15, 0.2) is 0 Å². The maximum atomic E-state index is 13.1. The molecule has 1 N–H and O–H groups in total. The number of carbonyl (C=O) groups is 2. The van der Waals surface area contributed by atoms with Gasteiger partial charge in [0, 0.05) is 49.1 Å². The molecule has 0 radical (unpaired) electrons. The number of hydrogen-bond acceptors (Lipinski definition) is 4. The third-order valence-corrected chi connectivity index (χ3v) is 6.31. The number of hydrogen-bond donors (Lipinski definition) is 1. The normalized spacial score (nSPS) is 13.4. The third kappa shape index (κ3) is 4.66. The van der Waals surface area contributed by atoms with Crippen LogP contribution in [-0.2, 0) is 6.54 Å². The van der Waals surface area contributed by atoms with Crippen LogP contribution in [0.25, 0.3) is 5.69 Å². The predicted octanol–water partition coefficient (Wildman–Crippen LogP) is 4.05. The first-order valence-electron chi connectivity index (χ1n) is 11.5. The minimum atomic E-state index is -0.196. The standard InChI is InChI=1S/C28H26N4O3/c1-35-26-13-12-21(16-25(26)32-15-7-14-30-32)27(33)29-17-23(20-8-3-2-4-9-20)19-31-18-22-10-5-6-11-24(22)28(31)34/h2-16,23H,17-19H2,1H3,(H,29,33)/t23-/m0/s1. The fourth-order valence-electron chi connectivity index (χ4n) is 4.48. The number of ether oxygens (including phenoxy) is 1. The minimum absolute atomic E-state index is 0.0341. The van der Waals surface area contributed by atoms with Crippen LogP contribution >= 0.6 is 0 Å². The molecule has 0 spiro atoms. The second-order valence-electron chi connectivity index (χ2n) is 8.50. The lowest BCUT2D eigenvalue weighted by Crippen LogP contribution is -2.36. The van der Waals surface area contributed by atoms with Crippen molar-refractivity contribution >= 4 is 11.8 Å². The Morgan fingerprint density at radius 3 is 2.60 bits per heavy atom. The molecule has 1 aromatic heterocycles. The summed E-state index contributed by atoms with van der Waals surface area (Å²) in [4.78, 5) is 27.9. The summed E-state index contributed by atoms with van der Waals surface area (Å²) in [7, 11) is 1.59. The van der Waals surface area contributed by atoms with Crippen molar-refractivity contribution in [2.45, 2.75) is 12.5 Å². The van der Waals surface area contributed by atoms with Crippen molar-refractivity contribution in [3.8, 4) is 11.4 Å². The van der Waals surface area contributed by atoms with E-state index in [9.17, 15) is 9.59 Å². The molecule has 1 atom stereocenters. The van der Waals surface area contributed by atoms with Crippen LogP contribution in [0.15, 0.2) is 91.3 Å². The zero-order chi connectivity index (χ0) is 24.2. The number of methoxy groups -OCH3 is 1. The van der Waals surface area contributed by atoms with E-state index in [0.29, 0.717) is 36.6 Å². The SMILES string of the molecule is COc1ccc(C(=O)NC[C@@H](CN2Cc3ccccc3C2=O)c2ccccc2)cc1-n1cccn1. The van der Waals surface area contributed by atoms with E-state index >= 15 is 0 Å². The van der Waals surface area contributed by atoms with Crippen molar-refractivity contribution in [1.29, 1.82) is 0 Å². The monoisotopic (exact) mass is 466 g/mol. The summed E-state index contributed by atoms with van der Waals surface area (Å²) in [5.74, 6) is 0.409. The molecule has 7 heteroatoms. The van der Waals surface area contributed by atoms with Gasteiger partial charge in [-0.2, -0.15) is 5.10 Å². The van der Waals surface area contributed by atoms with Gasteiger partial charge < -0.3 is 15.0 Å². The molecule has 0 saturated carbocycles. The second kappa shape index (κ2) is 9.85. The number of aromatic nitrogens is 2. The van der Waals surface area contributed by atoms with Crippen LogP contribution < -0.4 is 10.1 Å². The third-order valence-electron chi connectivity index (χ3n) is 6.31. The number of rotatable bonds is 8. The maximum absolute atomic E-state index is 13.1. The van der Waals surface area contributed by atoms with Crippen LogP contribution in [0.3, 0.4) is 0 Å². The molecule has 3 aromatic carbocycles. The largest absolute Gasteiger partial charge is 0.494 e. The van der Waals surface area contributed by atoms with E-state index in [-0.39, 0.29) is 17.7 Å². The Kier molecular flexibility index (Phi) is 6.30. The lowest BCUT2D eigenvalue weighted by Gasteiger charge is -2.24. The Labute approximate surface area is 204 Å². The Morgan fingerprint density at radius 2 is 1.86 bits per heavy atom. The lowest BCUT2D eigenvalue weighted by molar-refractivity contribution is 0.0767. The summed E-state index contributed by atoms with van der Waals surface area (Å²) >= 11 is 0. The molecule has 176 valence electrons. The van der Waals surface area contributed by atoms with Crippen molar-refractivity contribution in [1.82, 2.24) is 20.0 Å². The van der Waals surface area contributed by atoms with Gasteiger partial charge in [-0.15, -0.1) is 0 Å². The average Bonchev–Trinajstić information content (AvgIpc) is 3.55. The molecule has 5 rings (SSSR count). The maximum Gasteiger partial charge on any atom is 0.254 e. The fourth-order valence-corrected chi connectivity index (χ4v) is 4.48. The number of benzene rings is 3. The van der Waals surface area contributed by atoms with E-state index in [1.807, 2.05) is 65.6 Å². The summed E-state index contributed by atoms with van der Waals surface area (Å²) < 4.78 is 7.11. The molecule has 0 fully saturated rings. The first-order chi connectivity index (χ1) is 17.1. The molecule has 0 bridgehead atoms. The Bertz CT molecular complexity index is 1340. The molecular formula is C28H26N4O3. The summed E-state index contributed by atoms with van der Waals surface area (Å²) in [5.41, 5.74) is 4.06. The molecule has 0 aliphatic carbocycles. The zero-order valence-electron chi connectivity index (χ0n) is 19.4. The molecule has 2 amide bonds. The smallest absolute Gasteiger partial charge is 0.254 e. The van der Waals surface area contributed by atoms with Gasteiger partial charge in [-0.1, -0.05) is 48.5 Å². The van der Waals surface area contributed by atoms with Crippen LogP contribution in [0.5, 0.6) is 5.75 Å². The quantitative estimate of drug-likeness (QED) is 0.425. The summed E-state index contributed by atoms with van der Waals surface area (Å²) in [6.45, 7) is 1.49. The second-order valence-corrected chi connectivity index (χ2v) is 8.50. The average molecular weight is 467 g/mol. The van der Waals surface area contributed by atoms with Gasteiger partial charge in [0.1, 0.15) is 11.4 Å². The van der Waals surface area contributed by atoms with Crippen molar-refractivity contribution in [3.05, 3.63) is 114 Å². The van der Waals surface area contributed by atoms with Gasteiger partial charge >= 0.3 is 0 Å². The van der Waals surface area contributed by atoms with Crippen LogP contribution in [0.1, 0.15) is 37.8 Å². The molecule has 4 aromatic rings. The fraction of sp³-hybridized carbons (Fsp3) is 0.179. The highest BCUT2D eigenvalue weighted by Crippen LogP contribution is 2.27. The molecule has 1 aliphatic heterocycles. The van der Waals surface area contributed by atoms with Gasteiger partial charge in [-0.25, -0.2) is 4.68 Å². The van der Waals surface area contributed by atoms with Crippen LogP contribution in [-0.4, -0.2) is 46.7 Å². The zero-order valence-corrected chi connectivity index (χ0v) is 19.4. The first kappa shape index (κ1) is 22.4. The van der Waals surface area contributed by atoms with E-state index in [4.69, 9.17) is 4.74 Å². The van der Waals surface area contributed by atoms with Gasteiger partial charge in [0.25, 0.3) is 11.8 Å². The number of carbonyl (C=O) groups excluding carboxylic acids is 2. The van der Waals surface area contributed by atoms with Crippen LogP contribution in [0.4, 0.5) is 0 Å². The first-order valence-corrected chi connectivity index (χ1v) is 11.5. The van der Waals surface area contributed by atoms with Gasteiger partial charge in [-0.05, 0) is 41.5 Å². The van der Waals surface area contributed by atoms with Crippen molar-refractivity contribution < 1.29 is 14.3 Å². The van der Waals surface area contributed by atoms with E-state index in [1.54, 1.807) is 42.4 Å². The Balaban J connectivity index is 1.33.